The van der Waals surface area contributed by atoms with Crippen LogP contribution in [-0.4, -0.2) is 13.7 Å². The number of nitrogens with one attached hydrogen (secondary N) is 1. The number of methoxy groups -OCH3 is 1. The molecule has 1 aromatic carbocycles. The molecule has 3 nitrogen and oxygen atoms in total. The highest BCUT2D eigenvalue weighted by atomic mass is 79.9. The molecule has 1 unspecified atom stereocenters. The minimum atomic E-state index is 0.0783. The molecule has 0 radical (unpaired) electrons. The van der Waals surface area contributed by atoms with Gasteiger partial charge in [-0.25, -0.2) is 0 Å². The summed E-state index contributed by atoms with van der Waals surface area (Å²) in [6, 6.07) is 10.2. The van der Waals surface area contributed by atoms with Crippen LogP contribution in [0.25, 0.3) is 0 Å². The number of nitrogens with two attached hydrogens (primary N) is 1. The third kappa shape index (κ3) is 3.79. The summed E-state index contributed by atoms with van der Waals surface area (Å²) < 4.78 is 6.43. The Morgan fingerprint density at radius 3 is 2.89 bits per heavy atom. The summed E-state index contributed by atoms with van der Waals surface area (Å²) in [6.45, 7) is 1.34. The summed E-state index contributed by atoms with van der Waals surface area (Å²) in [6.07, 6.45) is 0. The van der Waals surface area contributed by atoms with Crippen molar-refractivity contribution in [1.82, 2.24) is 5.32 Å². The average Bonchev–Trinajstić information content (AvgIpc) is 2.93. The molecule has 0 aliphatic heterocycles. The molecular formula is C14H17BrN2OS. The van der Waals surface area contributed by atoms with Crippen molar-refractivity contribution in [2.75, 3.05) is 13.7 Å². The molecule has 3 N–H and O–H groups in total. The van der Waals surface area contributed by atoms with Gasteiger partial charge in [0.05, 0.1) is 7.11 Å². The molecule has 2 aromatic rings. The van der Waals surface area contributed by atoms with Gasteiger partial charge in [-0.1, -0.05) is 22.0 Å². The molecule has 102 valence electrons. The number of hydrogen-bond donors (Lipinski definition) is 2. The van der Waals surface area contributed by atoms with Crippen LogP contribution < -0.4 is 15.8 Å². The van der Waals surface area contributed by atoms with E-state index in [-0.39, 0.29) is 6.04 Å². The zero-order valence-electron chi connectivity index (χ0n) is 10.7. The van der Waals surface area contributed by atoms with Gasteiger partial charge in [0.2, 0.25) is 0 Å². The van der Waals surface area contributed by atoms with E-state index in [4.69, 9.17) is 10.5 Å². The molecule has 0 fully saturated rings. The molecule has 0 spiro atoms. The zero-order valence-corrected chi connectivity index (χ0v) is 13.1. The van der Waals surface area contributed by atoms with Gasteiger partial charge in [-0.05, 0) is 29.6 Å². The zero-order chi connectivity index (χ0) is 13.7. The third-order valence-corrected chi connectivity index (χ3v) is 4.28. The Hall–Kier alpha value is -0.880. The maximum Gasteiger partial charge on any atom is 0.123 e. The Kier molecular flexibility index (Phi) is 5.39. The van der Waals surface area contributed by atoms with E-state index in [9.17, 15) is 0 Å². The number of rotatable bonds is 6. The molecule has 0 aliphatic carbocycles. The van der Waals surface area contributed by atoms with Crippen molar-refractivity contribution in [2.24, 2.45) is 5.73 Å². The van der Waals surface area contributed by atoms with Crippen LogP contribution in [0.5, 0.6) is 5.75 Å². The van der Waals surface area contributed by atoms with E-state index in [1.807, 2.05) is 12.1 Å². The number of thiophene rings is 1. The number of benzene rings is 1. The standard InChI is InChI=1S/C14H17BrN2OS/c1-18-14-5-4-10(15)7-12(14)13(8-16)17-9-11-3-2-6-19-11/h2-7,13,17H,8-9,16H2,1H3. The largest absolute Gasteiger partial charge is 0.496 e. The first kappa shape index (κ1) is 14.5. The molecular weight excluding hydrogens is 324 g/mol. The van der Waals surface area contributed by atoms with Crippen molar-refractivity contribution in [3.8, 4) is 5.75 Å². The summed E-state index contributed by atoms with van der Waals surface area (Å²) in [5.74, 6) is 0.859. The number of ether oxygens (including phenoxy) is 1. The molecule has 0 saturated carbocycles. The van der Waals surface area contributed by atoms with Crippen molar-refractivity contribution in [3.05, 3.63) is 50.6 Å². The third-order valence-electron chi connectivity index (χ3n) is 2.91. The van der Waals surface area contributed by atoms with Crippen LogP contribution in [0.1, 0.15) is 16.5 Å². The van der Waals surface area contributed by atoms with Gasteiger partial charge in [-0.2, -0.15) is 0 Å². The molecule has 0 aliphatic rings. The Morgan fingerprint density at radius 2 is 2.26 bits per heavy atom. The Bertz CT molecular complexity index is 516. The van der Waals surface area contributed by atoms with E-state index in [1.54, 1.807) is 18.4 Å². The smallest absolute Gasteiger partial charge is 0.123 e. The van der Waals surface area contributed by atoms with Crippen molar-refractivity contribution in [2.45, 2.75) is 12.6 Å². The quantitative estimate of drug-likeness (QED) is 0.847. The summed E-state index contributed by atoms with van der Waals surface area (Å²) in [4.78, 5) is 1.30. The molecule has 0 bridgehead atoms. The van der Waals surface area contributed by atoms with Gasteiger partial charge in [0.15, 0.2) is 0 Å². The fourth-order valence-electron chi connectivity index (χ4n) is 1.93. The fraction of sp³-hybridized carbons (Fsp3) is 0.286. The SMILES string of the molecule is COc1ccc(Br)cc1C(CN)NCc1cccs1. The van der Waals surface area contributed by atoms with E-state index < -0.39 is 0 Å². The van der Waals surface area contributed by atoms with Crippen molar-refractivity contribution >= 4 is 27.3 Å². The van der Waals surface area contributed by atoms with Gasteiger partial charge in [0, 0.05) is 34.0 Å². The summed E-state index contributed by atoms with van der Waals surface area (Å²) in [5, 5.41) is 5.55. The highest BCUT2D eigenvalue weighted by Crippen LogP contribution is 2.28. The lowest BCUT2D eigenvalue weighted by Crippen LogP contribution is -2.28. The first-order chi connectivity index (χ1) is 9.24. The van der Waals surface area contributed by atoms with Crippen LogP contribution in [0, 0.1) is 0 Å². The second kappa shape index (κ2) is 7.05. The molecule has 19 heavy (non-hydrogen) atoms. The lowest BCUT2D eigenvalue weighted by Gasteiger charge is -2.20. The fourth-order valence-corrected chi connectivity index (χ4v) is 2.97. The van der Waals surface area contributed by atoms with Gasteiger partial charge in [-0.15, -0.1) is 11.3 Å². The minimum Gasteiger partial charge on any atom is -0.496 e. The number of halogens is 1. The maximum absolute atomic E-state index is 5.89. The highest BCUT2D eigenvalue weighted by molar-refractivity contribution is 9.10. The molecule has 1 atom stereocenters. The van der Waals surface area contributed by atoms with Crippen molar-refractivity contribution < 1.29 is 4.74 Å². The van der Waals surface area contributed by atoms with Gasteiger partial charge >= 0.3 is 0 Å². The maximum atomic E-state index is 5.89. The first-order valence-electron chi connectivity index (χ1n) is 6.04. The highest BCUT2D eigenvalue weighted by Gasteiger charge is 2.15. The minimum absolute atomic E-state index is 0.0783. The van der Waals surface area contributed by atoms with E-state index in [0.717, 1.165) is 22.3 Å². The molecule has 1 aromatic heterocycles. The lowest BCUT2D eigenvalue weighted by molar-refractivity contribution is 0.399. The van der Waals surface area contributed by atoms with Crippen LogP contribution >= 0.6 is 27.3 Å². The normalized spacial score (nSPS) is 12.4. The van der Waals surface area contributed by atoms with Gasteiger partial charge < -0.3 is 15.8 Å². The summed E-state index contributed by atoms with van der Waals surface area (Å²) >= 11 is 5.23. The lowest BCUT2D eigenvalue weighted by atomic mass is 10.1. The average molecular weight is 341 g/mol. The Labute approximate surface area is 125 Å². The molecule has 0 amide bonds. The topological polar surface area (TPSA) is 47.3 Å². The predicted molar refractivity (Wildman–Crippen MR) is 83.6 cm³/mol. The molecule has 1 heterocycles. The second-order valence-corrected chi connectivity index (χ2v) is 6.08. The van der Waals surface area contributed by atoms with Crippen molar-refractivity contribution in [3.63, 3.8) is 0 Å². The van der Waals surface area contributed by atoms with E-state index >= 15 is 0 Å². The molecule has 5 heteroatoms. The second-order valence-electron chi connectivity index (χ2n) is 4.13. The van der Waals surface area contributed by atoms with Crippen LogP contribution in [-0.2, 0) is 6.54 Å². The van der Waals surface area contributed by atoms with Crippen LogP contribution in [0.3, 0.4) is 0 Å². The van der Waals surface area contributed by atoms with Gasteiger partial charge in [0.1, 0.15) is 5.75 Å². The van der Waals surface area contributed by atoms with E-state index in [0.29, 0.717) is 6.54 Å². The monoisotopic (exact) mass is 340 g/mol. The molecule has 0 saturated heterocycles. The van der Waals surface area contributed by atoms with Gasteiger partial charge in [0.25, 0.3) is 0 Å². The Morgan fingerprint density at radius 1 is 1.42 bits per heavy atom. The Balaban J connectivity index is 2.14. The summed E-state index contributed by atoms with van der Waals surface area (Å²) in [5.41, 5.74) is 6.97. The molecule has 2 rings (SSSR count). The van der Waals surface area contributed by atoms with E-state index in [1.165, 1.54) is 4.88 Å². The van der Waals surface area contributed by atoms with Crippen LogP contribution in [0.15, 0.2) is 40.2 Å². The van der Waals surface area contributed by atoms with Crippen molar-refractivity contribution in [1.29, 1.82) is 0 Å². The predicted octanol–water partition coefficient (Wildman–Crippen LogP) is 3.31. The van der Waals surface area contributed by atoms with Gasteiger partial charge in [-0.3, -0.25) is 0 Å². The van der Waals surface area contributed by atoms with Crippen LogP contribution in [0.2, 0.25) is 0 Å². The number of hydrogen-bond acceptors (Lipinski definition) is 4. The first-order valence-corrected chi connectivity index (χ1v) is 7.71. The summed E-state index contributed by atoms with van der Waals surface area (Å²) in [7, 11) is 1.68. The van der Waals surface area contributed by atoms with Crippen LogP contribution in [0.4, 0.5) is 0 Å². The van der Waals surface area contributed by atoms with E-state index in [2.05, 4.69) is 44.8 Å².